The Hall–Kier alpha value is -2.02. The number of nitrogens with zero attached hydrogens (tertiary/aromatic N) is 1. The summed E-state index contributed by atoms with van der Waals surface area (Å²) in [5, 5.41) is 0. The molecule has 1 aromatic carbocycles. The molecule has 0 spiro atoms. The predicted octanol–water partition coefficient (Wildman–Crippen LogP) is 2.10. The molecule has 0 radical (unpaired) electrons. The summed E-state index contributed by atoms with van der Waals surface area (Å²) in [5.74, 6) is -0.511. The van der Waals surface area contributed by atoms with Gasteiger partial charge < -0.3 is 0 Å². The van der Waals surface area contributed by atoms with Crippen LogP contribution in [0.2, 0.25) is 0 Å². The number of aromatic amines is 1. The Morgan fingerprint density at radius 3 is 2.57 bits per heavy atom. The molecule has 0 unspecified atom stereocenters. The van der Waals surface area contributed by atoms with Crippen LogP contribution in [-0.2, 0) is 6.54 Å². The van der Waals surface area contributed by atoms with Gasteiger partial charge in [0.15, 0.2) is 5.78 Å². The van der Waals surface area contributed by atoms with E-state index in [-0.39, 0.29) is 16.7 Å². The third-order valence-corrected chi connectivity index (χ3v) is 3.50. The van der Waals surface area contributed by atoms with Gasteiger partial charge in [0.1, 0.15) is 5.82 Å². The van der Waals surface area contributed by atoms with E-state index in [2.05, 4.69) is 20.9 Å². The van der Waals surface area contributed by atoms with Crippen molar-refractivity contribution in [3.63, 3.8) is 0 Å². The SMILES string of the molecule is O=C(CCCn1cc(Br)c(=O)[nH]c1=O)c1ccc(F)cc1. The minimum Gasteiger partial charge on any atom is -0.299 e. The van der Waals surface area contributed by atoms with E-state index >= 15 is 0 Å². The van der Waals surface area contributed by atoms with Gasteiger partial charge in [-0.25, -0.2) is 9.18 Å². The van der Waals surface area contributed by atoms with Gasteiger partial charge in [-0.2, -0.15) is 0 Å². The highest BCUT2D eigenvalue weighted by molar-refractivity contribution is 9.10. The molecule has 0 fully saturated rings. The van der Waals surface area contributed by atoms with Crippen LogP contribution in [0.25, 0.3) is 0 Å². The normalized spacial score (nSPS) is 10.6. The monoisotopic (exact) mass is 354 g/mol. The van der Waals surface area contributed by atoms with E-state index in [1.807, 2.05) is 0 Å². The fourth-order valence-electron chi connectivity index (χ4n) is 1.84. The van der Waals surface area contributed by atoms with E-state index in [0.29, 0.717) is 18.5 Å². The molecule has 1 aromatic heterocycles. The second-order valence-electron chi connectivity index (χ2n) is 4.46. The van der Waals surface area contributed by atoms with Gasteiger partial charge in [-0.15, -0.1) is 0 Å². The summed E-state index contributed by atoms with van der Waals surface area (Å²) < 4.78 is 14.3. The molecule has 110 valence electrons. The lowest BCUT2D eigenvalue weighted by Gasteiger charge is -2.05. The average Bonchev–Trinajstić information content (AvgIpc) is 2.45. The van der Waals surface area contributed by atoms with Gasteiger partial charge in [0.25, 0.3) is 5.56 Å². The first-order chi connectivity index (χ1) is 9.97. The molecule has 0 saturated carbocycles. The molecule has 0 atom stereocenters. The maximum atomic E-state index is 12.8. The Morgan fingerprint density at radius 2 is 1.90 bits per heavy atom. The molecule has 7 heteroatoms. The van der Waals surface area contributed by atoms with Gasteiger partial charge in [0.05, 0.1) is 4.47 Å². The van der Waals surface area contributed by atoms with Crippen LogP contribution in [0, 0.1) is 5.82 Å². The van der Waals surface area contributed by atoms with Crippen molar-refractivity contribution in [2.24, 2.45) is 0 Å². The summed E-state index contributed by atoms with van der Waals surface area (Å²) in [6.45, 7) is 0.307. The van der Waals surface area contributed by atoms with Crippen LogP contribution in [0.3, 0.4) is 0 Å². The summed E-state index contributed by atoms with van der Waals surface area (Å²) >= 11 is 3.04. The van der Waals surface area contributed by atoms with Crippen LogP contribution in [-0.4, -0.2) is 15.3 Å². The number of halogens is 2. The molecule has 0 bridgehead atoms. The van der Waals surface area contributed by atoms with Gasteiger partial charge in [0, 0.05) is 24.7 Å². The quantitative estimate of drug-likeness (QED) is 0.835. The third-order valence-electron chi connectivity index (χ3n) is 2.94. The maximum Gasteiger partial charge on any atom is 0.328 e. The van der Waals surface area contributed by atoms with Crippen LogP contribution in [0.5, 0.6) is 0 Å². The highest BCUT2D eigenvalue weighted by Gasteiger charge is 2.07. The van der Waals surface area contributed by atoms with Gasteiger partial charge in [0.2, 0.25) is 0 Å². The number of Topliss-reactive ketones (excluding diaryl/α,β-unsaturated/α-hetero) is 1. The van der Waals surface area contributed by atoms with E-state index in [1.165, 1.54) is 35.0 Å². The fourth-order valence-corrected chi connectivity index (χ4v) is 2.19. The van der Waals surface area contributed by atoms with Crippen molar-refractivity contribution in [1.82, 2.24) is 9.55 Å². The van der Waals surface area contributed by atoms with Crippen molar-refractivity contribution in [2.75, 3.05) is 0 Å². The van der Waals surface area contributed by atoms with Crippen molar-refractivity contribution in [3.05, 3.63) is 67.2 Å². The zero-order chi connectivity index (χ0) is 15.4. The van der Waals surface area contributed by atoms with E-state index < -0.39 is 17.1 Å². The van der Waals surface area contributed by atoms with Crippen molar-refractivity contribution in [2.45, 2.75) is 19.4 Å². The molecule has 0 amide bonds. The Morgan fingerprint density at radius 1 is 1.24 bits per heavy atom. The zero-order valence-electron chi connectivity index (χ0n) is 10.9. The van der Waals surface area contributed by atoms with Gasteiger partial charge in [-0.1, -0.05) is 0 Å². The number of carbonyl (C=O) groups is 1. The standard InChI is InChI=1S/C14H12BrFN2O3/c15-11-8-18(14(21)17-13(11)20)7-1-2-12(19)9-3-5-10(16)6-4-9/h3-6,8H,1-2,7H2,(H,17,20,21). The van der Waals surface area contributed by atoms with Crippen molar-refractivity contribution < 1.29 is 9.18 Å². The number of nitrogens with one attached hydrogen (secondary N) is 1. The molecule has 1 heterocycles. The predicted molar refractivity (Wildman–Crippen MR) is 79.0 cm³/mol. The van der Waals surface area contributed by atoms with Gasteiger partial charge in [-0.3, -0.25) is 19.1 Å². The molecule has 5 nitrogen and oxygen atoms in total. The van der Waals surface area contributed by atoms with E-state index in [1.54, 1.807) is 0 Å². The minimum absolute atomic E-state index is 0.119. The molecule has 21 heavy (non-hydrogen) atoms. The maximum absolute atomic E-state index is 12.8. The molecule has 0 saturated heterocycles. The smallest absolute Gasteiger partial charge is 0.299 e. The zero-order valence-corrected chi connectivity index (χ0v) is 12.5. The van der Waals surface area contributed by atoms with Crippen LogP contribution in [0.15, 0.2) is 44.5 Å². The van der Waals surface area contributed by atoms with Crippen LogP contribution in [0.1, 0.15) is 23.2 Å². The Kier molecular flexibility index (Phi) is 4.85. The lowest BCUT2D eigenvalue weighted by molar-refractivity contribution is 0.0978. The number of H-pyrrole nitrogens is 1. The first-order valence-corrected chi connectivity index (χ1v) is 7.04. The van der Waals surface area contributed by atoms with Crippen molar-refractivity contribution >= 4 is 21.7 Å². The topological polar surface area (TPSA) is 71.9 Å². The highest BCUT2D eigenvalue weighted by Crippen LogP contribution is 2.08. The molecular formula is C14H12BrFN2O3. The van der Waals surface area contributed by atoms with Gasteiger partial charge in [-0.05, 0) is 46.6 Å². The Bertz CT molecular complexity index is 765. The lowest BCUT2D eigenvalue weighted by atomic mass is 10.1. The average molecular weight is 355 g/mol. The first kappa shape index (κ1) is 15.4. The number of aryl methyl sites for hydroxylation is 1. The second-order valence-corrected chi connectivity index (χ2v) is 5.32. The second kappa shape index (κ2) is 6.62. The molecular weight excluding hydrogens is 343 g/mol. The van der Waals surface area contributed by atoms with Crippen molar-refractivity contribution in [3.8, 4) is 0 Å². The summed E-state index contributed by atoms with van der Waals surface area (Å²) in [6, 6.07) is 5.33. The summed E-state index contributed by atoms with van der Waals surface area (Å²) in [7, 11) is 0. The van der Waals surface area contributed by atoms with E-state index in [0.717, 1.165) is 0 Å². The molecule has 0 aliphatic rings. The third kappa shape index (κ3) is 3.98. The van der Waals surface area contributed by atoms with E-state index in [4.69, 9.17) is 0 Å². The Balaban J connectivity index is 1.97. The van der Waals surface area contributed by atoms with Crippen molar-refractivity contribution in [1.29, 1.82) is 0 Å². The molecule has 2 rings (SSSR count). The Labute approximate surface area is 127 Å². The van der Waals surface area contributed by atoms with Crippen LogP contribution in [0.4, 0.5) is 4.39 Å². The van der Waals surface area contributed by atoms with Crippen LogP contribution < -0.4 is 11.2 Å². The first-order valence-electron chi connectivity index (χ1n) is 6.25. The number of rotatable bonds is 5. The minimum atomic E-state index is -0.516. The molecule has 1 N–H and O–H groups in total. The molecule has 0 aliphatic carbocycles. The lowest BCUT2D eigenvalue weighted by Crippen LogP contribution is -2.30. The molecule has 0 aliphatic heterocycles. The van der Waals surface area contributed by atoms with Gasteiger partial charge >= 0.3 is 5.69 Å². The summed E-state index contributed by atoms with van der Waals surface area (Å²) in [5.41, 5.74) is -0.567. The number of aromatic nitrogens is 2. The number of hydrogen-bond acceptors (Lipinski definition) is 3. The van der Waals surface area contributed by atoms with E-state index in [9.17, 15) is 18.8 Å². The molecule has 2 aromatic rings. The number of carbonyl (C=O) groups excluding carboxylic acids is 1. The number of hydrogen-bond donors (Lipinski definition) is 1. The highest BCUT2D eigenvalue weighted by atomic mass is 79.9. The summed E-state index contributed by atoms with van der Waals surface area (Å²) in [6.07, 6.45) is 2.06. The number of benzene rings is 1. The summed E-state index contributed by atoms with van der Waals surface area (Å²) in [4.78, 5) is 36.8. The number of ketones is 1. The fraction of sp³-hybridized carbons (Fsp3) is 0.214. The largest absolute Gasteiger partial charge is 0.328 e. The van der Waals surface area contributed by atoms with Crippen LogP contribution >= 0.6 is 15.9 Å².